The number of nitrogens with zero attached hydrogens (tertiary/aromatic N) is 3. The monoisotopic (exact) mass is 1140 g/mol. The molecule has 0 aliphatic rings. The molecule has 0 fully saturated rings. The van der Waals surface area contributed by atoms with Crippen molar-refractivity contribution in [1.29, 1.82) is 0 Å². The van der Waals surface area contributed by atoms with Crippen molar-refractivity contribution in [1.82, 2.24) is 14.5 Å². The minimum absolute atomic E-state index is 0. The number of aryl methyl sites for hydroxylation is 2. The molecule has 0 saturated heterocycles. The molecule has 4 nitrogen and oxygen atoms in total. The van der Waals surface area contributed by atoms with Crippen molar-refractivity contribution in [2.24, 2.45) is 0 Å². The predicted molar refractivity (Wildman–Crippen MR) is 303 cm³/mol. The van der Waals surface area contributed by atoms with Crippen LogP contribution >= 0.6 is 0 Å². The van der Waals surface area contributed by atoms with Crippen molar-refractivity contribution >= 4 is 11.0 Å². The molecule has 0 aliphatic heterocycles. The quantitative estimate of drug-likeness (QED) is 0.154. The molecule has 2 aromatic heterocycles. The van der Waals surface area contributed by atoms with E-state index in [1.165, 1.54) is 16.7 Å². The van der Waals surface area contributed by atoms with Gasteiger partial charge in [-0.3, -0.25) is 9.55 Å². The van der Waals surface area contributed by atoms with Gasteiger partial charge >= 0.3 is 0 Å². The zero-order valence-electron chi connectivity index (χ0n) is 46.4. The third-order valence-corrected chi connectivity index (χ3v) is 13.9. The van der Waals surface area contributed by atoms with E-state index in [0.29, 0.717) is 17.0 Å². The summed E-state index contributed by atoms with van der Waals surface area (Å²) in [6.07, 6.45) is 1.80. The number of aromatic hydroxyl groups is 1. The second kappa shape index (κ2) is 19.7. The number of rotatable bonds is 8. The average molecular weight is 1140 g/mol. The molecular weight excluding hydrogens is 1070 g/mol. The summed E-state index contributed by atoms with van der Waals surface area (Å²) in [5.41, 5.74) is 19.0. The Kier molecular flexibility index (Phi) is 12.7. The summed E-state index contributed by atoms with van der Waals surface area (Å²) in [7, 11) is 0. The zero-order valence-corrected chi connectivity index (χ0v) is 45.7. The van der Waals surface area contributed by atoms with Gasteiger partial charge in [0.25, 0.3) is 0 Å². The van der Waals surface area contributed by atoms with E-state index in [-0.39, 0.29) is 43.1 Å². The van der Waals surface area contributed by atoms with Gasteiger partial charge in [0.2, 0.25) is 0 Å². The molecule has 2 heterocycles. The number of phenols is 1. The molecule has 0 spiro atoms. The van der Waals surface area contributed by atoms with E-state index in [1.807, 2.05) is 31.2 Å². The molecule has 0 atom stereocenters. The van der Waals surface area contributed by atoms with Crippen LogP contribution in [0.1, 0.15) is 94.2 Å². The van der Waals surface area contributed by atoms with Gasteiger partial charge in [0.15, 0.2) is 0 Å². The second-order valence-corrected chi connectivity index (χ2v) is 22.3. The Morgan fingerprint density at radius 2 is 1.14 bits per heavy atom. The summed E-state index contributed by atoms with van der Waals surface area (Å²) in [5.74, 6) is 0.813. The Labute approximate surface area is 451 Å². The fraction of sp³-hybridized carbons (Fsp3) is 0.206. The number of aromatic nitrogens is 3. The van der Waals surface area contributed by atoms with Crippen molar-refractivity contribution in [2.75, 3.05) is 0 Å². The van der Waals surface area contributed by atoms with Crippen LogP contribution in [0.2, 0.25) is 0 Å². The molecule has 0 amide bonds. The smallest absolute Gasteiger partial charge is 0.148 e. The van der Waals surface area contributed by atoms with Gasteiger partial charge in [-0.2, -0.15) is 0 Å². The fourth-order valence-electron chi connectivity index (χ4n) is 9.91. The van der Waals surface area contributed by atoms with Gasteiger partial charge < -0.3 is 5.11 Å². The van der Waals surface area contributed by atoms with Crippen LogP contribution in [-0.2, 0) is 37.3 Å². The number of para-hydroxylation sites is 1. The number of hydrogen-bond acceptors (Lipinski definition) is 3. The van der Waals surface area contributed by atoms with Gasteiger partial charge in [-0.05, 0) is 116 Å². The van der Waals surface area contributed by atoms with Gasteiger partial charge in [0.1, 0.15) is 11.6 Å². The summed E-state index contributed by atoms with van der Waals surface area (Å²) >= 11 is 0. The summed E-state index contributed by atoms with van der Waals surface area (Å²) in [4.78, 5) is 10.6. The van der Waals surface area contributed by atoms with Crippen LogP contribution in [0.15, 0.2) is 182 Å². The SMILES string of the molecule is [2H]C([2H])([2H])c1ccc(-c2ccnc(-c3[c-]c(-c4cccc5c4nc(-c4cc(C(C)(C)C)cc(C)c4O)n5-c4ccc(-c5c(-c6ccccc6)cccc5C(C)(C)C)cc4-c4ccccc4)cc(C(C)(C)C)c3)c2)cc1.[Pt]. The minimum atomic E-state index is -2.18. The van der Waals surface area contributed by atoms with Gasteiger partial charge in [-0.25, -0.2) is 4.98 Å². The number of imidazole rings is 1. The summed E-state index contributed by atoms with van der Waals surface area (Å²) < 4.78 is 25.9. The van der Waals surface area contributed by atoms with Crippen LogP contribution in [0.3, 0.4) is 0 Å². The number of fused-ring (bicyclic) bond motifs is 1. The first-order chi connectivity index (χ1) is 35.5. The van der Waals surface area contributed by atoms with Gasteiger partial charge in [-0.1, -0.05) is 212 Å². The molecule has 368 valence electrons. The number of benzene rings is 8. The standard InChI is InChI=1S/C68H64N3O.Pt/c1-43-28-30-45(31-29-43)48-34-35-69-59(41-48)51-37-50(38-53(39-51)67(6,7)8)55-25-19-27-61-63(55)70-65(57-42-52(66(3,4)5)36-44(2)64(57)72)71(61)60-33-32-49(40-56(60)47-22-16-13-17-23-47)62-54(46-20-14-12-15-21-46)24-18-26-58(62)68(9,10)11;/h12-36,38-42,72H,1-11H3;/q-1;/i1D3;. The third kappa shape index (κ3) is 10.0. The maximum Gasteiger partial charge on any atom is 0.148 e. The first kappa shape index (κ1) is 46.9. The van der Waals surface area contributed by atoms with E-state index in [2.05, 4.69) is 212 Å². The summed E-state index contributed by atoms with van der Waals surface area (Å²) in [5, 5.41) is 12.3. The Morgan fingerprint density at radius 1 is 0.521 bits per heavy atom. The van der Waals surface area contributed by atoms with E-state index in [0.717, 1.165) is 89.2 Å². The fourth-order valence-corrected chi connectivity index (χ4v) is 9.91. The van der Waals surface area contributed by atoms with E-state index < -0.39 is 6.85 Å². The number of pyridine rings is 1. The van der Waals surface area contributed by atoms with Crippen molar-refractivity contribution in [3.8, 4) is 89.7 Å². The van der Waals surface area contributed by atoms with Crippen LogP contribution in [0.4, 0.5) is 0 Å². The summed E-state index contributed by atoms with van der Waals surface area (Å²) in [6, 6.07) is 64.6. The molecule has 10 rings (SSSR count). The van der Waals surface area contributed by atoms with Gasteiger partial charge in [-0.15, -0.1) is 29.3 Å². The Balaban J connectivity index is 0.00000706. The van der Waals surface area contributed by atoms with Crippen LogP contribution in [0.25, 0.3) is 95.0 Å². The molecule has 10 aromatic rings. The molecule has 0 radical (unpaired) electrons. The van der Waals surface area contributed by atoms with Crippen LogP contribution in [0, 0.1) is 19.8 Å². The van der Waals surface area contributed by atoms with E-state index in [1.54, 1.807) is 18.3 Å². The molecule has 73 heavy (non-hydrogen) atoms. The first-order valence-corrected chi connectivity index (χ1v) is 25.0. The van der Waals surface area contributed by atoms with Crippen molar-refractivity contribution in [3.05, 3.63) is 216 Å². The van der Waals surface area contributed by atoms with Crippen LogP contribution in [-0.4, -0.2) is 19.6 Å². The molecule has 0 aliphatic carbocycles. The predicted octanol–water partition coefficient (Wildman–Crippen LogP) is 18.1. The summed E-state index contributed by atoms with van der Waals surface area (Å²) in [6.45, 7) is 19.9. The number of phenolic OH excluding ortho intramolecular Hbond substituents is 1. The van der Waals surface area contributed by atoms with E-state index in [4.69, 9.17) is 14.1 Å². The Morgan fingerprint density at radius 3 is 1.79 bits per heavy atom. The van der Waals surface area contributed by atoms with Gasteiger partial charge in [0, 0.05) is 42.6 Å². The number of hydrogen-bond donors (Lipinski definition) is 1. The third-order valence-electron chi connectivity index (χ3n) is 13.9. The van der Waals surface area contributed by atoms with Crippen molar-refractivity contribution < 1.29 is 30.3 Å². The molecule has 5 heteroatoms. The van der Waals surface area contributed by atoms with Crippen LogP contribution < -0.4 is 0 Å². The van der Waals surface area contributed by atoms with Gasteiger partial charge in [0.05, 0.1) is 22.3 Å². The van der Waals surface area contributed by atoms with Crippen molar-refractivity contribution in [2.45, 2.75) is 92.3 Å². The minimum Gasteiger partial charge on any atom is -0.507 e. The topological polar surface area (TPSA) is 50.9 Å². The molecular formula is C68H64N3OPt-. The normalized spacial score (nSPS) is 12.8. The van der Waals surface area contributed by atoms with Crippen LogP contribution in [0.5, 0.6) is 5.75 Å². The van der Waals surface area contributed by atoms with Crippen molar-refractivity contribution in [3.63, 3.8) is 0 Å². The van der Waals surface area contributed by atoms with E-state index >= 15 is 0 Å². The average Bonchev–Trinajstić information content (AvgIpc) is 3.78. The van der Waals surface area contributed by atoms with E-state index in [9.17, 15) is 5.11 Å². The molecule has 0 bridgehead atoms. The first-order valence-electron chi connectivity index (χ1n) is 26.5. The second-order valence-electron chi connectivity index (χ2n) is 22.3. The zero-order chi connectivity index (χ0) is 53.2. The largest absolute Gasteiger partial charge is 0.507 e. The molecule has 1 N–H and O–H groups in total. The molecule has 0 unspecified atom stereocenters. The Bertz CT molecular complexity index is 3760. The Hall–Kier alpha value is -7.13. The maximum absolute atomic E-state index is 12.3. The molecule has 8 aromatic carbocycles. The molecule has 0 saturated carbocycles. The maximum atomic E-state index is 12.3.